The number of halogens is 1. The Balaban J connectivity index is 1.49. The topological polar surface area (TPSA) is 98.2 Å². The average molecular weight is 543 g/mol. The fraction of sp³-hybridized carbons (Fsp3) is 0.267. The van der Waals surface area contributed by atoms with E-state index in [1.165, 1.54) is 12.1 Å². The highest BCUT2D eigenvalue weighted by Crippen LogP contribution is 2.27. The number of hydrogen-bond acceptors (Lipinski definition) is 7. The summed E-state index contributed by atoms with van der Waals surface area (Å²) in [5.41, 5.74) is 3.06. The number of aromatic nitrogens is 5. The second kappa shape index (κ2) is 12.1. The quantitative estimate of drug-likeness (QED) is 0.254. The van der Waals surface area contributed by atoms with Crippen LogP contribution in [-0.2, 0) is 19.6 Å². The Kier molecular flexibility index (Phi) is 8.16. The molecule has 1 atom stereocenters. The number of fused-ring (bicyclic) bond motifs is 1. The van der Waals surface area contributed by atoms with E-state index in [0.717, 1.165) is 22.3 Å². The lowest BCUT2D eigenvalue weighted by atomic mass is 10.1. The summed E-state index contributed by atoms with van der Waals surface area (Å²) in [6.07, 6.45) is 0.687. The van der Waals surface area contributed by atoms with Gasteiger partial charge in [-0.25, -0.2) is 9.07 Å². The summed E-state index contributed by atoms with van der Waals surface area (Å²) in [5.74, 6) is 1.83. The Morgan fingerprint density at radius 2 is 1.62 bits per heavy atom. The minimum atomic E-state index is -0.299. The van der Waals surface area contributed by atoms with E-state index in [-0.39, 0.29) is 17.4 Å². The third-order valence-electron chi connectivity index (χ3n) is 6.98. The van der Waals surface area contributed by atoms with Gasteiger partial charge in [-0.15, -0.1) is 5.10 Å². The summed E-state index contributed by atoms with van der Waals surface area (Å²) in [6.45, 7) is 3.34. The van der Waals surface area contributed by atoms with Gasteiger partial charge in [0.25, 0.3) is 5.56 Å². The number of rotatable bonds is 11. The van der Waals surface area contributed by atoms with E-state index in [0.29, 0.717) is 48.7 Å². The molecular weight excluding hydrogens is 511 g/mol. The maximum Gasteiger partial charge on any atom is 0.252 e. The van der Waals surface area contributed by atoms with E-state index in [4.69, 9.17) is 9.47 Å². The number of H-pyrrole nitrogens is 1. The molecule has 0 saturated carbocycles. The first-order valence-corrected chi connectivity index (χ1v) is 13.0. The Morgan fingerprint density at radius 3 is 2.33 bits per heavy atom. The van der Waals surface area contributed by atoms with Crippen molar-refractivity contribution in [3.8, 4) is 11.5 Å². The van der Waals surface area contributed by atoms with Gasteiger partial charge < -0.3 is 14.5 Å². The first-order valence-electron chi connectivity index (χ1n) is 13.0. The van der Waals surface area contributed by atoms with Gasteiger partial charge >= 0.3 is 0 Å². The number of pyridine rings is 1. The van der Waals surface area contributed by atoms with Crippen molar-refractivity contribution in [2.75, 3.05) is 14.2 Å². The largest absolute Gasteiger partial charge is 0.497 e. The zero-order valence-electron chi connectivity index (χ0n) is 22.7. The molecular formula is C30H31FN6O3. The summed E-state index contributed by atoms with van der Waals surface area (Å²) < 4.78 is 26.0. The van der Waals surface area contributed by atoms with Gasteiger partial charge in [0, 0.05) is 24.7 Å². The van der Waals surface area contributed by atoms with Crippen LogP contribution < -0.4 is 15.0 Å². The van der Waals surface area contributed by atoms with E-state index in [1.807, 2.05) is 42.5 Å². The van der Waals surface area contributed by atoms with E-state index >= 15 is 0 Å². The number of benzene rings is 3. The van der Waals surface area contributed by atoms with Crippen LogP contribution in [0.3, 0.4) is 0 Å². The third-order valence-corrected chi connectivity index (χ3v) is 6.98. The molecule has 9 nitrogen and oxygen atoms in total. The molecule has 2 heterocycles. The number of methoxy groups -OCH3 is 2. The predicted molar refractivity (Wildman–Crippen MR) is 150 cm³/mol. The highest BCUT2D eigenvalue weighted by atomic mass is 19.1. The number of aromatic amines is 1. The van der Waals surface area contributed by atoms with Gasteiger partial charge in [-0.2, -0.15) is 0 Å². The van der Waals surface area contributed by atoms with Gasteiger partial charge in [-0.1, -0.05) is 31.2 Å². The lowest BCUT2D eigenvalue weighted by molar-refractivity contribution is 0.161. The molecule has 0 saturated heterocycles. The molecule has 0 aliphatic heterocycles. The molecule has 1 unspecified atom stereocenters. The van der Waals surface area contributed by atoms with Crippen molar-refractivity contribution < 1.29 is 13.9 Å². The molecule has 0 spiro atoms. The normalized spacial score (nSPS) is 12.1. The van der Waals surface area contributed by atoms with Crippen molar-refractivity contribution in [1.82, 2.24) is 30.1 Å². The van der Waals surface area contributed by atoms with Crippen LogP contribution in [0.1, 0.15) is 41.9 Å². The van der Waals surface area contributed by atoms with Crippen molar-refractivity contribution in [3.63, 3.8) is 0 Å². The Labute approximate surface area is 231 Å². The number of tetrazole rings is 1. The van der Waals surface area contributed by atoms with E-state index < -0.39 is 0 Å². The maximum absolute atomic E-state index is 13.7. The number of nitrogens with zero attached hydrogens (tertiary/aromatic N) is 5. The second-order valence-corrected chi connectivity index (χ2v) is 9.58. The molecule has 40 heavy (non-hydrogen) atoms. The van der Waals surface area contributed by atoms with E-state index in [1.54, 1.807) is 37.1 Å². The van der Waals surface area contributed by atoms with Crippen LogP contribution >= 0.6 is 0 Å². The van der Waals surface area contributed by atoms with Gasteiger partial charge in [-0.05, 0) is 75.8 Å². The molecule has 0 aliphatic rings. The van der Waals surface area contributed by atoms with Gasteiger partial charge in [-0.3, -0.25) is 9.69 Å². The molecule has 0 amide bonds. The van der Waals surface area contributed by atoms with Gasteiger partial charge in [0.05, 0.1) is 32.3 Å². The molecule has 0 fully saturated rings. The van der Waals surface area contributed by atoms with Crippen LogP contribution in [0.4, 0.5) is 4.39 Å². The predicted octanol–water partition coefficient (Wildman–Crippen LogP) is 4.87. The molecule has 1 N–H and O–H groups in total. The van der Waals surface area contributed by atoms with Gasteiger partial charge in [0.1, 0.15) is 17.3 Å². The van der Waals surface area contributed by atoms with Crippen LogP contribution in [0.15, 0.2) is 77.6 Å². The standard InChI is InChI=1S/C30H31FN6O3/c1-4-28(29-33-34-35-37(29)18-21-7-12-25(39-2)13-8-21)36(17-20-5-10-24(31)11-6-20)19-23-15-22-9-14-26(40-3)16-27(22)32-30(23)38/h5-16,28H,4,17-19H2,1-3H3,(H,32,38). The molecule has 10 heteroatoms. The average Bonchev–Trinajstić information content (AvgIpc) is 3.42. The lowest BCUT2D eigenvalue weighted by Crippen LogP contribution is -2.32. The zero-order valence-corrected chi connectivity index (χ0v) is 22.7. The summed E-state index contributed by atoms with van der Waals surface area (Å²) in [7, 11) is 3.22. The van der Waals surface area contributed by atoms with Gasteiger partial charge in [0.2, 0.25) is 0 Å². The van der Waals surface area contributed by atoms with Crippen LogP contribution in [-0.4, -0.2) is 44.3 Å². The van der Waals surface area contributed by atoms with Crippen molar-refractivity contribution in [2.24, 2.45) is 0 Å². The smallest absolute Gasteiger partial charge is 0.252 e. The Morgan fingerprint density at radius 1 is 0.925 bits per heavy atom. The fourth-order valence-electron chi connectivity index (χ4n) is 4.86. The summed E-state index contributed by atoms with van der Waals surface area (Å²) in [4.78, 5) is 18.3. The first kappa shape index (κ1) is 27.0. The van der Waals surface area contributed by atoms with Crippen molar-refractivity contribution >= 4 is 10.9 Å². The van der Waals surface area contributed by atoms with Crippen molar-refractivity contribution in [3.05, 3.63) is 111 Å². The van der Waals surface area contributed by atoms with Crippen LogP contribution in [0.25, 0.3) is 10.9 Å². The van der Waals surface area contributed by atoms with Crippen LogP contribution in [0.5, 0.6) is 11.5 Å². The zero-order chi connectivity index (χ0) is 28.1. The lowest BCUT2D eigenvalue weighted by Gasteiger charge is -2.30. The molecule has 206 valence electrons. The summed E-state index contributed by atoms with van der Waals surface area (Å²) in [6, 6.07) is 21.4. The number of hydrogen-bond donors (Lipinski definition) is 1. The SMILES string of the molecule is CCC(c1nnnn1Cc1ccc(OC)cc1)N(Cc1ccc(F)cc1)Cc1cc2ccc(OC)cc2[nH]c1=O. The number of ether oxygens (including phenoxy) is 2. The third kappa shape index (κ3) is 6.02. The minimum Gasteiger partial charge on any atom is -0.497 e. The molecule has 3 aromatic carbocycles. The van der Waals surface area contributed by atoms with E-state index in [2.05, 4.69) is 32.3 Å². The van der Waals surface area contributed by atoms with Crippen LogP contribution in [0, 0.1) is 5.82 Å². The van der Waals surface area contributed by atoms with E-state index in [9.17, 15) is 9.18 Å². The fourth-order valence-corrected chi connectivity index (χ4v) is 4.86. The molecule has 0 aliphatic carbocycles. The molecule has 5 aromatic rings. The van der Waals surface area contributed by atoms with Gasteiger partial charge in [0.15, 0.2) is 5.82 Å². The number of nitrogens with one attached hydrogen (secondary N) is 1. The molecule has 0 radical (unpaired) electrons. The van der Waals surface area contributed by atoms with Crippen molar-refractivity contribution in [1.29, 1.82) is 0 Å². The highest BCUT2D eigenvalue weighted by Gasteiger charge is 2.26. The Hall–Kier alpha value is -4.57. The molecule has 5 rings (SSSR count). The molecule has 0 bridgehead atoms. The Bertz CT molecular complexity index is 1630. The second-order valence-electron chi connectivity index (χ2n) is 9.58. The van der Waals surface area contributed by atoms with Crippen LogP contribution in [0.2, 0.25) is 0 Å². The molecule has 2 aromatic heterocycles. The highest BCUT2D eigenvalue weighted by molar-refractivity contribution is 5.80. The van der Waals surface area contributed by atoms with Crippen molar-refractivity contribution in [2.45, 2.75) is 39.0 Å². The summed E-state index contributed by atoms with van der Waals surface area (Å²) in [5, 5.41) is 13.6. The first-order chi connectivity index (χ1) is 19.5. The summed E-state index contributed by atoms with van der Waals surface area (Å²) >= 11 is 0. The maximum atomic E-state index is 13.7. The minimum absolute atomic E-state index is 0.183. The monoisotopic (exact) mass is 542 g/mol.